The molecule has 0 fully saturated rings. The normalized spacial score (nSPS) is 15.2. The molecule has 6 nitrogen and oxygen atoms in total. The Balaban J connectivity index is 0.000000251. The first-order valence-corrected chi connectivity index (χ1v) is 17.8. The quantitative estimate of drug-likeness (QED) is 0.0951. The Bertz CT molecular complexity index is 1960. The standard InChI is InChI=1S/C25H21N2O2S.C15H28O2.Ir/c1-13-11-28-22-16(13)5-6-18-19(22)20-21(26-12-27-24(20)29-18)15-9-14-7-8-30-23(14)17(10-15)25(2,3)4;1-7-14(5,8-2)12(16)11-13(17)15(6,9-3)10-4;/h5-8,10,12-13H,11H2,1-4H3;11,16H,7-10H2,1-6H3;/q-1;;/b;12-11-;. The minimum Gasteiger partial charge on any atom is -0.512 e. The number of hydrogen-bond donors (Lipinski definition) is 1. The predicted molar refractivity (Wildman–Crippen MR) is 195 cm³/mol. The minimum atomic E-state index is -0.337. The molecule has 1 atom stereocenters. The van der Waals surface area contributed by atoms with Gasteiger partial charge in [-0.25, -0.2) is 4.98 Å². The third kappa shape index (κ3) is 6.86. The number of ketones is 1. The number of benzene rings is 2. The van der Waals surface area contributed by atoms with Crippen molar-refractivity contribution in [2.24, 2.45) is 10.8 Å². The number of hydrogen-bond acceptors (Lipinski definition) is 7. The fourth-order valence-corrected chi connectivity index (χ4v) is 7.18. The summed E-state index contributed by atoms with van der Waals surface area (Å²) < 4.78 is 13.5. The molecule has 1 aliphatic heterocycles. The number of aliphatic hydroxyl groups excluding tert-OH is 1. The maximum Gasteiger partial charge on any atom is 0.223 e. The van der Waals surface area contributed by atoms with Gasteiger partial charge in [0.25, 0.3) is 0 Å². The van der Waals surface area contributed by atoms with E-state index in [2.05, 4.69) is 62.3 Å². The van der Waals surface area contributed by atoms with E-state index in [0.29, 0.717) is 18.2 Å². The van der Waals surface area contributed by atoms with Gasteiger partial charge >= 0.3 is 0 Å². The monoisotopic (exact) mass is 846 g/mol. The molecular weight excluding hydrogens is 797 g/mol. The molecule has 259 valence electrons. The Kier molecular flexibility index (Phi) is 11.3. The van der Waals surface area contributed by atoms with Crippen molar-refractivity contribution in [3.05, 3.63) is 65.0 Å². The number of thiophene rings is 1. The minimum absolute atomic E-state index is 0. The number of aromatic nitrogens is 2. The third-order valence-corrected chi connectivity index (χ3v) is 11.5. The Labute approximate surface area is 302 Å². The van der Waals surface area contributed by atoms with E-state index in [4.69, 9.17) is 14.1 Å². The van der Waals surface area contributed by atoms with Crippen LogP contribution in [0.1, 0.15) is 112 Å². The van der Waals surface area contributed by atoms with Crippen LogP contribution < -0.4 is 4.74 Å². The molecule has 0 saturated heterocycles. The zero-order valence-electron chi connectivity index (χ0n) is 30.0. The van der Waals surface area contributed by atoms with Crippen LogP contribution in [0.5, 0.6) is 5.75 Å². The van der Waals surface area contributed by atoms with Crippen molar-refractivity contribution in [1.82, 2.24) is 9.97 Å². The summed E-state index contributed by atoms with van der Waals surface area (Å²) in [6.45, 7) is 21.7. The van der Waals surface area contributed by atoms with E-state index in [9.17, 15) is 9.90 Å². The van der Waals surface area contributed by atoms with Crippen molar-refractivity contribution in [1.29, 1.82) is 0 Å². The number of fused-ring (bicyclic) bond motifs is 6. The summed E-state index contributed by atoms with van der Waals surface area (Å²) >= 11 is 1.77. The molecule has 4 heterocycles. The molecule has 48 heavy (non-hydrogen) atoms. The van der Waals surface area contributed by atoms with E-state index < -0.39 is 0 Å². The number of carbonyl (C=O) groups is 1. The fourth-order valence-electron chi connectivity index (χ4n) is 6.10. The van der Waals surface area contributed by atoms with Crippen LogP contribution in [0.2, 0.25) is 0 Å². The van der Waals surface area contributed by atoms with Crippen LogP contribution in [0.3, 0.4) is 0 Å². The van der Waals surface area contributed by atoms with Gasteiger partial charge in [-0.05, 0) is 47.2 Å². The van der Waals surface area contributed by atoms with Crippen molar-refractivity contribution in [2.45, 2.75) is 106 Å². The van der Waals surface area contributed by atoms with Gasteiger partial charge in [-0.1, -0.05) is 86.4 Å². The van der Waals surface area contributed by atoms with E-state index in [1.54, 1.807) is 17.7 Å². The Morgan fingerprint density at radius 3 is 2.29 bits per heavy atom. The average molecular weight is 846 g/mol. The number of ether oxygens (including phenoxy) is 1. The maximum absolute atomic E-state index is 12.2. The summed E-state index contributed by atoms with van der Waals surface area (Å²) in [7, 11) is 0. The average Bonchev–Trinajstić information content (AvgIpc) is 3.79. The summed E-state index contributed by atoms with van der Waals surface area (Å²) in [5, 5.41) is 15.3. The Morgan fingerprint density at radius 1 is 1.00 bits per heavy atom. The second kappa shape index (κ2) is 14.4. The third-order valence-electron chi connectivity index (χ3n) is 10.6. The molecule has 2 aromatic carbocycles. The molecular formula is C40H49IrN2O4S-. The largest absolute Gasteiger partial charge is 0.512 e. The van der Waals surface area contributed by atoms with Crippen molar-refractivity contribution in [3.8, 4) is 17.0 Å². The molecule has 1 aliphatic rings. The zero-order chi connectivity index (χ0) is 34.3. The van der Waals surface area contributed by atoms with Crippen LogP contribution in [0.4, 0.5) is 0 Å². The van der Waals surface area contributed by atoms with E-state index in [1.807, 2.05) is 47.6 Å². The smallest absolute Gasteiger partial charge is 0.223 e. The molecule has 0 bridgehead atoms. The van der Waals surface area contributed by atoms with Gasteiger partial charge in [0.2, 0.25) is 5.71 Å². The van der Waals surface area contributed by atoms with E-state index in [0.717, 1.165) is 64.4 Å². The van der Waals surface area contributed by atoms with Crippen LogP contribution in [0.25, 0.3) is 43.4 Å². The Morgan fingerprint density at radius 2 is 1.67 bits per heavy atom. The van der Waals surface area contributed by atoms with Crippen LogP contribution in [0, 0.1) is 16.9 Å². The fraction of sp³-hybridized carbons (Fsp3) is 0.475. The number of aliphatic hydroxyl groups is 1. The molecule has 0 saturated carbocycles. The molecule has 5 aromatic rings. The van der Waals surface area contributed by atoms with Crippen LogP contribution >= 0.6 is 11.3 Å². The van der Waals surface area contributed by atoms with Gasteiger partial charge in [-0.3, -0.25) is 9.78 Å². The van der Waals surface area contributed by atoms with Gasteiger partial charge in [0, 0.05) is 59.6 Å². The van der Waals surface area contributed by atoms with Gasteiger partial charge in [0.15, 0.2) is 5.78 Å². The summed E-state index contributed by atoms with van der Waals surface area (Å²) in [6, 6.07) is 12.1. The summed E-state index contributed by atoms with van der Waals surface area (Å²) in [4.78, 5) is 21.3. The van der Waals surface area contributed by atoms with Crippen LogP contribution in [0.15, 0.2) is 52.2 Å². The second-order valence-corrected chi connectivity index (χ2v) is 15.4. The Hall–Kier alpha value is -3.06. The molecule has 0 spiro atoms. The molecule has 1 radical (unpaired) electrons. The van der Waals surface area contributed by atoms with Crippen LogP contribution in [-0.4, -0.2) is 27.5 Å². The summed E-state index contributed by atoms with van der Waals surface area (Å²) in [5.74, 6) is 1.56. The number of allylic oxidation sites excluding steroid dienone is 2. The number of furan rings is 1. The number of rotatable bonds is 8. The van der Waals surface area contributed by atoms with Crippen molar-refractivity contribution >= 4 is 49.3 Å². The first-order valence-electron chi connectivity index (χ1n) is 16.9. The number of nitrogens with zero attached hydrogens (tertiary/aromatic N) is 2. The predicted octanol–water partition coefficient (Wildman–Crippen LogP) is 11.5. The zero-order valence-corrected chi connectivity index (χ0v) is 33.2. The molecule has 0 amide bonds. The summed E-state index contributed by atoms with van der Waals surface area (Å²) in [6.07, 6.45) is 6.33. The molecule has 1 N–H and O–H groups in total. The first kappa shape index (κ1) is 37.8. The SMILES string of the molecule is CC1COc2c1ccc1oc3ncnc(-c4[c-]c5ccsc5c(C(C)(C)C)c4)c3c21.CCC(C)(CC)C(=O)/C=C(\O)C(C)(CC)CC.[Ir]. The summed E-state index contributed by atoms with van der Waals surface area (Å²) in [5.41, 5.74) is 5.10. The molecule has 1 unspecified atom stereocenters. The van der Waals surface area contributed by atoms with Gasteiger partial charge in [-0.15, -0.1) is 23.6 Å². The van der Waals surface area contributed by atoms with Crippen molar-refractivity contribution in [3.63, 3.8) is 0 Å². The number of carbonyl (C=O) groups excluding carboxylic acids is 1. The van der Waals surface area contributed by atoms with Gasteiger partial charge in [0.05, 0.1) is 12.0 Å². The van der Waals surface area contributed by atoms with Crippen LogP contribution in [-0.2, 0) is 30.3 Å². The van der Waals surface area contributed by atoms with E-state index in [1.165, 1.54) is 21.9 Å². The topological polar surface area (TPSA) is 85.5 Å². The molecule has 3 aromatic heterocycles. The van der Waals surface area contributed by atoms with Crippen molar-refractivity contribution < 1.29 is 39.2 Å². The van der Waals surface area contributed by atoms with E-state index in [-0.39, 0.29) is 47.9 Å². The second-order valence-electron chi connectivity index (χ2n) is 14.5. The van der Waals surface area contributed by atoms with Gasteiger partial charge in [0.1, 0.15) is 23.4 Å². The molecule has 8 heteroatoms. The van der Waals surface area contributed by atoms with E-state index >= 15 is 0 Å². The first-order chi connectivity index (χ1) is 22.2. The molecule has 0 aliphatic carbocycles. The molecule has 6 rings (SSSR count). The van der Waals surface area contributed by atoms with Crippen molar-refractivity contribution in [2.75, 3.05) is 6.61 Å². The maximum atomic E-state index is 12.2. The van der Waals surface area contributed by atoms with Gasteiger partial charge in [-0.2, -0.15) is 11.3 Å². The van der Waals surface area contributed by atoms with Gasteiger partial charge < -0.3 is 14.3 Å².